The fraction of sp³-hybridized carbons (Fsp3) is 0.571. The number of nitrogens with one attached hydrogen (secondary N) is 1. The summed E-state index contributed by atoms with van der Waals surface area (Å²) in [4.78, 5) is 0. The molecule has 2 heteroatoms. The molecule has 2 nitrogen and oxygen atoms in total. The van der Waals surface area contributed by atoms with E-state index in [9.17, 15) is 0 Å². The Morgan fingerprint density at radius 3 is 2.88 bits per heavy atom. The fourth-order valence-electron chi connectivity index (χ4n) is 3.06. The molecule has 1 aromatic rings. The van der Waals surface area contributed by atoms with Gasteiger partial charge >= 0.3 is 0 Å². The maximum Gasteiger partial charge on any atom is 0.00826 e. The third-order valence-electron chi connectivity index (χ3n) is 4.09. The SMILES string of the molecule is NC1CCC(NCC2Cc3ccccc32)C1. The normalized spacial score (nSPS) is 32.2. The molecule has 0 saturated heterocycles. The molecule has 16 heavy (non-hydrogen) atoms. The quantitative estimate of drug-likeness (QED) is 0.808. The van der Waals surface area contributed by atoms with Crippen LogP contribution in [0.15, 0.2) is 24.3 Å². The van der Waals surface area contributed by atoms with Gasteiger partial charge in [-0.3, -0.25) is 0 Å². The first-order chi connectivity index (χ1) is 7.83. The van der Waals surface area contributed by atoms with Crippen LogP contribution in [0, 0.1) is 0 Å². The van der Waals surface area contributed by atoms with Crippen molar-refractivity contribution in [3.63, 3.8) is 0 Å². The first-order valence-corrected chi connectivity index (χ1v) is 6.39. The first-order valence-electron chi connectivity index (χ1n) is 6.39. The monoisotopic (exact) mass is 216 g/mol. The van der Waals surface area contributed by atoms with E-state index in [2.05, 4.69) is 29.6 Å². The summed E-state index contributed by atoms with van der Waals surface area (Å²) in [6, 6.07) is 9.91. The number of hydrogen-bond donors (Lipinski definition) is 2. The average Bonchev–Trinajstić information content (AvgIpc) is 2.66. The highest BCUT2D eigenvalue weighted by atomic mass is 14.9. The predicted molar refractivity (Wildman–Crippen MR) is 66.5 cm³/mol. The molecule has 1 saturated carbocycles. The van der Waals surface area contributed by atoms with Gasteiger partial charge in [-0.1, -0.05) is 24.3 Å². The Kier molecular flexibility index (Phi) is 2.70. The zero-order valence-electron chi connectivity index (χ0n) is 9.65. The second-order valence-electron chi connectivity index (χ2n) is 5.28. The van der Waals surface area contributed by atoms with Crippen molar-refractivity contribution in [2.75, 3.05) is 6.54 Å². The number of nitrogens with two attached hydrogens (primary N) is 1. The molecule has 1 aromatic carbocycles. The molecule has 3 rings (SSSR count). The summed E-state index contributed by atoms with van der Waals surface area (Å²) in [5.41, 5.74) is 9.01. The topological polar surface area (TPSA) is 38.0 Å². The first kappa shape index (κ1) is 10.3. The largest absolute Gasteiger partial charge is 0.328 e. The molecule has 2 aliphatic carbocycles. The van der Waals surface area contributed by atoms with Gasteiger partial charge in [-0.25, -0.2) is 0 Å². The molecule has 3 unspecified atom stereocenters. The van der Waals surface area contributed by atoms with Crippen LogP contribution in [0.1, 0.15) is 36.3 Å². The van der Waals surface area contributed by atoms with Crippen LogP contribution in [0.25, 0.3) is 0 Å². The molecule has 1 fully saturated rings. The van der Waals surface area contributed by atoms with E-state index in [1.165, 1.54) is 24.8 Å². The van der Waals surface area contributed by atoms with E-state index in [-0.39, 0.29) is 0 Å². The van der Waals surface area contributed by atoms with Crippen molar-refractivity contribution in [1.82, 2.24) is 5.32 Å². The molecular formula is C14H20N2. The van der Waals surface area contributed by atoms with Gasteiger partial charge in [0.15, 0.2) is 0 Å². The van der Waals surface area contributed by atoms with E-state index in [0.717, 1.165) is 18.9 Å². The lowest BCUT2D eigenvalue weighted by Gasteiger charge is -2.31. The van der Waals surface area contributed by atoms with E-state index >= 15 is 0 Å². The molecule has 3 atom stereocenters. The fourth-order valence-corrected chi connectivity index (χ4v) is 3.06. The number of fused-ring (bicyclic) bond motifs is 1. The Balaban J connectivity index is 1.51. The van der Waals surface area contributed by atoms with Gasteiger partial charge in [0.05, 0.1) is 0 Å². The van der Waals surface area contributed by atoms with Crippen molar-refractivity contribution < 1.29 is 0 Å². The minimum Gasteiger partial charge on any atom is -0.328 e. The van der Waals surface area contributed by atoms with Gasteiger partial charge in [0.1, 0.15) is 0 Å². The maximum atomic E-state index is 5.91. The molecule has 0 aliphatic heterocycles. The van der Waals surface area contributed by atoms with Crippen molar-refractivity contribution >= 4 is 0 Å². The van der Waals surface area contributed by atoms with Crippen LogP contribution >= 0.6 is 0 Å². The zero-order valence-corrected chi connectivity index (χ0v) is 9.65. The van der Waals surface area contributed by atoms with E-state index < -0.39 is 0 Å². The Hall–Kier alpha value is -0.860. The summed E-state index contributed by atoms with van der Waals surface area (Å²) in [5, 5.41) is 3.67. The predicted octanol–water partition coefficient (Wildman–Crippen LogP) is 1.80. The summed E-state index contributed by atoms with van der Waals surface area (Å²) in [5.74, 6) is 0.744. The van der Waals surface area contributed by atoms with Gasteiger partial charge in [-0.15, -0.1) is 0 Å². The lowest BCUT2D eigenvalue weighted by Crippen LogP contribution is -2.35. The molecule has 0 aromatic heterocycles. The van der Waals surface area contributed by atoms with Crippen LogP contribution in [0.5, 0.6) is 0 Å². The summed E-state index contributed by atoms with van der Waals surface area (Å²) in [6.07, 6.45) is 4.87. The van der Waals surface area contributed by atoms with E-state index in [1.54, 1.807) is 5.56 Å². The Morgan fingerprint density at radius 1 is 1.25 bits per heavy atom. The number of hydrogen-bond acceptors (Lipinski definition) is 2. The van der Waals surface area contributed by atoms with Gasteiger partial charge in [0.25, 0.3) is 0 Å². The molecular weight excluding hydrogens is 196 g/mol. The third-order valence-corrected chi connectivity index (χ3v) is 4.09. The molecule has 0 spiro atoms. The summed E-state index contributed by atoms with van der Waals surface area (Å²) in [6.45, 7) is 1.13. The lowest BCUT2D eigenvalue weighted by molar-refractivity contribution is 0.461. The van der Waals surface area contributed by atoms with Crippen LogP contribution in [-0.2, 0) is 6.42 Å². The summed E-state index contributed by atoms with van der Waals surface area (Å²) < 4.78 is 0. The minimum atomic E-state index is 0.436. The minimum absolute atomic E-state index is 0.436. The van der Waals surface area contributed by atoms with Crippen LogP contribution in [0.4, 0.5) is 0 Å². The second kappa shape index (κ2) is 4.19. The molecule has 0 radical (unpaired) electrons. The molecule has 3 N–H and O–H groups in total. The van der Waals surface area contributed by atoms with E-state index in [0.29, 0.717) is 12.1 Å². The standard InChI is InChI=1S/C14H20N2/c15-12-5-6-13(8-12)16-9-11-7-10-3-1-2-4-14(10)11/h1-4,11-13,16H,5-9,15H2. The van der Waals surface area contributed by atoms with Crippen LogP contribution in [-0.4, -0.2) is 18.6 Å². The highest BCUT2D eigenvalue weighted by Crippen LogP contribution is 2.34. The Bertz CT molecular complexity index is 375. The molecule has 0 amide bonds. The van der Waals surface area contributed by atoms with Crippen molar-refractivity contribution in [2.24, 2.45) is 5.73 Å². The van der Waals surface area contributed by atoms with E-state index in [1.807, 2.05) is 0 Å². The summed E-state index contributed by atoms with van der Waals surface area (Å²) >= 11 is 0. The van der Waals surface area contributed by atoms with Gasteiger partial charge in [-0.2, -0.15) is 0 Å². The number of rotatable bonds is 3. The zero-order chi connectivity index (χ0) is 11.0. The highest BCUT2D eigenvalue weighted by Gasteiger charge is 2.27. The van der Waals surface area contributed by atoms with Gasteiger partial charge in [-0.05, 0) is 36.8 Å². The van der Waals surface area contributed by atoms with Crippen molar-refractivity contribution in [3.05, 3.63) is 35.4 Å². The Labute approximate surface area is 97.2 Å². The molecule has 2 aliphatic rings. The molecule has 0 heterocycles. The van der Waals surface area contributed by atoms with Crippen LogP contribution in [0.2, 0.25) is 0 Å². The van der Waals surface area contributed by atoms with Crippen molar-refractivity contribution in [2.45, 2.75) is 43.7 Å². The van der Waals surface area contributed by atoms with Crippen molar-refractivity contribution in [3.8, 4) is 0 Å². The average molecular weight is 216 g/mol. The highest BCUT2D eigenvalue weighted by molar-refractivity contribution is 5.40. The second-order valence-corrected chi connectivity index (χ2v) is 5.28. The lowest BCUT2D eigenvalue weighted by atomic mass is 9.77. The third kappa shape index (κ3) is 1.87. The van der Waals surface area contributed by atoms with Gasteiger partial charge in [0, 0.05) is 24.5 Å². The van der Waals surface area contributed by atoms with Crippen LogP contribution < -0.4 is 11.1 Å². The van der Waals surface area contributed by atoms with E-state index in [4.69, 9.17) is 5.73 Å². The van der Waals surface area contributed by atoms with Gasteiger partial charge in [0.2, 0.25) is 0 Å². The molecule has 86 valence electrons. The Morgan fingerprint density at radius 2 is 2.12 bits per heavy atom. The number of benzene rings is 1. The van der Waals surface area contributed by atoms with Crippen molar-refractivity contribution in [1.29, 1.82) is 0 Å². The maximum absolute atomic E-state index is 5.91. The molecule has 0 bridgehead atoms. The van der Waals surface area contributed by atoms with Gasteiger partial charge < -0.3 is 11.1 Å². The summed E-state index contributed by atoms with van der Waals surface area (Å²) in [7, 11) is 0. The van der Waals surface area contributed by atoms with Crippen LogP contribution in [0.3, 0.4) is 0 Å². The smallest absolute Gasteiger partial charge is 0.00826 e.